The molecule has 2 amide bonds. The molecule has 2 aromatic carbocycles. The van der Waals surface area contributed by atoms with Crippen LogP contribution < -0.4 is 5.32 Å². The van der Waals surface area contributed by atoms with Crippen molar-refractivity contribution in [2.24, 2.45) is 0 Å². The van der Waals surface area contributed by atoms with Crippen molar-refractivity contribution in [2.45, 2.75) is 52.7 Å². The van der Waals surface area contributed by atoms with Gasteiger partial charge in [0.2, 0.25) is 11.8 Å². The highest BCUT2D eigenvalue weighted by molar-refractivity contribution is 6.36. The second-order valence-electron chi connectivity index (χ2n) is 7.22. The minimum absolute atomic E-state index is 0.0205. The highest BCUT2D eigenvalue weighted by atomic mass is 35.5. The fourth-order valence-electron chi connectivity index (χ4n) is 2.82. The molecule has 0 aromatic heterocycles. The van der Waals surface area contributed by atoms with E-state index in [1.165, 1.54) is 4.90 Å². The summed E-state index contributed by atoms with van der Waals surface area (Å²) in [4.78, 5) is 27.2. The van der Waals surface area contributed by atoms with Gasteiger partial charge in [0.25, 0.3) is 0 Å². The fraction of sp³-hybridized carbons (Fsp3) is 0.364. The smallest absolute Gasteiger partial charge is 0.242 e. The average molecular weight is 421 g/mol. The average Bonchev–Trinajstić information content (AvgIpc) is 2.62. The topological polar surface area (TPSA) is 49.4 Å². The summed E-state index contributed by atoms with van der Waals surface area (Å²) in [5.74, 6) is -0.373. The minimum atomic E-state index is -0.660. The number of nitrogens with zero attached hydrogens (tertiary/aromatic N) is 1. The van der Waals surface area contributed by atoms with Crippen molar-refractivity contribution in [1.82, 2.24) is 10.2 Å². The Kier molecular flexibility index (Phi) is 7.90. The molecule has 0 heterocycles. The van der Waals surface area contributed by atoms with Crippen LogP contribution in [0.1, 0.15) is 37.5 Å². The first-order valence-corrected chi connectivity index (χ1v) is 10.0. The van der Waals surface area contributed by atoms with Gasteiger partial charge < -0.3 is 10.2 Å². The van der Waals surface area contributed by atoms with Gasteiger partial charge in [-0.2, -0.15) is 0 Å². The van der Waals surface area contributed by atoms with Gasteiger partial charge in [0.15, 0.2) is 0 Å². The monoisotopic (exact) mass is 420 g/mol. The number of carbonyl (C=O) groups excluding carboxylic acids is 2. The Morgan fingerprint density at radius 3 is 2.11 bits per heavy atom. The number of amides is 2. The van der Waals surface area contributed by atoms with Crippen LogP contribution in [-0.4, -0.2) is 28.8 Å². The third kappa shape index (κ3) is 5.98. The van der Waals surface area contributed by atoms with E-state index in [4.69, 9.17) is 23.2 Å². The summed E-state index contributed by atoms with van der Waals surface area (Å²) in [5, 5.41) is 3.80. The first kappa shape index (κ1) is 22.3. The molecule has 0 saturated carbocycles. The number of nitrogens with one attached hydrogen (secondary N) is 1. The van der Waals surface area contributed by atoms with E-state index in [0.717, 1.165) is 11.1 Å². The molecule has 150 valence electrons. The molecule has 4 nitrogen and oxygen atoms in total. The van der Waals surface area contributed by atoms with Crippen molar-refractivity contribution in [3.63, 3.8) is 0 Å². The molecule has 2 aromatic rings. The maximum absolute atomic E-state index is 13.1. The lowest BCUT2D eigenvalue weighted by molar-refractivity contribution is -0.140. The zero-order chi connectivity index (χ0) is 20.8. The van der Waals surface area contributed by atoms with Gasteiger partial charge in [-0.1, -0.05) is 59.1 Å². The maximum Gasteiger partial charge on any atom is 0.242 e. The minimum Gasteiger partial charge on any atom is -0.352 e. The van der Waals surface area contributed by atoms with Crippen molar-refractivity contribution < 1.29 is 9.59 Å². The Bertz CT molecular complexity index is 815. The molecular formula is C22H26Cl2N2O2. The molecule has 0 saturated heterocycles. The Hall–Kier alpha value is -2.04. The molecule has 2 rings (SSSR count). The predicted octanol–water partition coefficient (Wildman–Crippen LogP) is 4.79. The van der Waals surface area contributed by atoms with Gasteiger partial charge in [0, 0.05) is 28.2 Å². The highest BCUT2D eigenvalue weighted by Gasteiger charge is 2.27. The summed E-state index contributed by atoms with van der Waals surface area (Å²) in [5.41, 5.74) is 2.65. The van der Waals surface area contributed by atoms with Crippen LogP contribution in [0, 0.1) is 6.92 Å². The van der Waals surface area contributed by atoms with Crippen LogP contribution in [0.5, 0.6) is 0 Å². The third-order valence-electron chi connectivity index (χ3n) is 4.46. The van der Waals surface area contributed by atoms with Gasteiger partial charge in [-0.3, -0.25) is 9.59 Å². The van der Waals surface area contributed by atoms with Gasteiger partial charge in [-0.05, 0) is 45.4 Å². The van der Waals surface area contributed by atoms with Crippen LogP contribution in [0.4, 0.5) is 0 Å². The number of rotatable bonds is 7. The molecule has 0 aliphatic heterocycles. The van der Waals surface area contributed by atoms with Crippen LogP contribution in [0.25, 0.3) is 0 Å². The maximum atomic E-state index is 13.1. The van der Waals surface area contributed by atoms with E-state index in [2.05, 4.69) is 5.32 Å². The Labute approximate surface area is 176 Å². The van der Waals surface area contributed by atoms with Gasteiger partial charge in [0.05, 0.1) is 6.42 Å². The lowest BCUT2D eigenvalue weighted by Crippen LogP contribution is -2.49. The molecule has 0 fully saturated rings. The molecule has 0 bridgehead atoms. The predicted molar refractivity (Wildman–Crippen MR) is 115 cm³/mol. The Morgan fingerprint density at radius 2 is 1.57 bits per heavy atom. The first-order chi connectivity index (χ1) is 13.2. The van der Waals surface area contributed by atoms with E-state index in [-0.39, 0.29) is 30.8 Å². The second kappa shape index (κ2) is 9.94. The van der Waals surface area contributed by atoms with Crippen LogP contribution >= 0.6 is 23.2 Å². The Balaban J connectivity index is 2.30. The third-order valence-corrected chi connectivity index (χ3v) is 5.17. The summed E-state index contributed by atoms with van der Waals surface area (Å²) >= 11 is 12.6. The molecule has 0 spiro atoms. The summed E-state index contributed by atoms with van der Waals surface area (Å²) in [6.07, 6.45) is 0.196. The number of carbonyl (C=O) groups is 2. The molecule has 1 atom stereocenters. The lowest BCUT2D eigenvalue weighted by Gasteiger charge is -2.30. The van der Waals surface area contributed by atoms with E-state index in [0.29, 0.717) is 15.6 Å². The van der Waals surface area contributed by atoms with Crippen molar-refractivity contribution in [1.29, 1.82) is 0 Å². The molecule has 0 radical (unpaired) electrons. The van der Waals surface area contributed by atoms with Crippen LogP contribution in [0.3, 0.4) is 0 Å². The van der Waals surface area contributed by atoms with E-state index in [1.807, 2.05) is 45.0 Å². The Morgan fingerprint density at radius 1 is 1.00 bits per heavy atom. The number of halogens is 2. The largest absolute Gasteiger partial charge is 0.352 e. The van der Waals surface area contributed by atoms with Gasteiger partial charge in [0.1, 0.15) is 6.04 Å². The van der Waals surface area contributed by atoms with E-state index in [9.17, 15) is 9.59 Å². The summed E-state index contributed by atoms with van der Waals surface area (Å²) in [6.45, 7) is 7.64. The number of benzene rings is 2. The summed E-state index contributed by atoms with van der Waals surface area (Å²) in [7, 11) is 0. The van der Waals surface area contributed by atoms with Gasteiger partial charge in [-0.15, -0.1) is 0 Å². The normalized spacial score (nSPS) is 12.0. The molecule has 1 N–H and O–H groups in total. The molecule has 6 heteroatoms. The highest BCUT2D eigenvalue weighted by Crippen LogP contribution is 2.27. The van der Waals surface area contributed by atoms with Gasteiger partial charge >= 0.3 is 0 Å². The van der Waals surface area contributed by atoms with Crippen LogP contribution in [0.2, 0.25) is 10.0 Å². The number of hydrogen-bond donors (Lipinski definition) is 1. The van der Waals surface area contributed by atoms with Crippen molar-refractivity contribution >= 4 is 35.0 Å². The van der Waals surface area contributed by atoms with Crippen LogP contribution in [-0.2, 0) is 22.6 Å². The van der Waals surface area contributed by atoms with Crippen molar-refractivity contribution in [2.75, 3.05) is 0 Å². The second-order valence-corrected chi connectivity index (χ2v) is 8.04. The summed E-state index contributed by atoms with van der Waals surface area (Å²) in [6, 6.07) is 12.3. The first-order valence-electron chi connectivity index (χ1n) is 9.27. The zero-order valence-electron chi connectivity index (χ0n) is 16.6. The van der Waals surface area contributed by atoms with E-state index >= 15 is 0 Å². The molecule has 0 aliphatic carbocycles. The molecular weight excluding hydrogens is 395 g/mol. The number of hydrogen-bond acceptors (Lipinski definition) is 2. The molecule has 0 aliphatic rings. The standard InChI is InChI=1S/C22H26Cl2N2O2/c1-14(2)25-22(28)16(4)26(13-18-19(23)6-5-7-20(18)24)21(27)12-17-10-8-15(3)9-11-17/h5-11,14,16H,12-13H2,1-4H3,(H,25,28). The zero-order valence-corrected chi connectivity index (χ0v) is 18.1. The van der Waals surface area contributed by atoms with E-state index < -0.39 is 6.04 Å². The SMILES string of the molecule is Cc1ccc(CC(=O)N(Cc2c(Cl)cccc2Cl)C(C)C(=O)NC(C)C)cc1. The quantitative estimate of drug-likeness (QED) is 0.699. The molecule has 1 unspecified atom stereocenters. The lowest BCUT2D eigenvalue weighted by atomic mass is 10.1. The van der Waals surface area contributed by atoms with Crippen molar-refractivity contribution in [3.05, 3.63) is 69.2 Å². The van der Waals surface area contributed by atoms with Gasteiger partial charge in [-0.25, -0.2) is 0 Å². The number of aryl methyl sites for hydroxylation is 1. The summed E-state index contributed by atoms with van der Waals surface area (Å²) < 4.78 is 0. The fourth-order valence-corrected chi connectivity index (χ4v) is 3.34. The van der Waals surface area contributed by atoms with Crippen molar-refractivity contribution in [3.8, 4) is 0 Å². The molecule has 28 heavy (non-hydrogen) atoms. The van der Waals surface area contributed by atoms with E-state index in [1.54, 1.807) is 25.1 Å². The van der Waals surface area contributed by atoms with Crippen LogP contribution in [0.15, 0.2) is 42.5 Å².